The van der Waals surface area contributed by atoms with Crippen LogP contribution in [0.4, 0.5) is 5.69 Å². The van der Waals surface area contributed by atoms with Crippen molar-refractivity contribution in [1.29, 1.82) is 0 Å². The molecule has 1 spiro atoms. The lowest BCUT2D eigenvalue weighted by Crippen LogP contribution is -2.61. The number of hydrogen-bond acceptors (Lipinski definition) is 5. The van der Waals surface area contributed by atoms with Crippen molar-refractivity contribution in [2.45, 2.75) is 103 Å². The van der Waals surface area contributed by atoms with Crippen LogP contribution in [-0.4, -0.2) is 82.2 Å². The summed E-state index contributed by atoms with van der Waals surface area (Å²) in [4.78, 5) is 49.1. The smallest absolute Gasteiger partial charge is 0.249 e. The fourth-order valence-electron chi connectivity index (χ4n) is 8.25. The summed E-state index contributed by atoms with van der Waals surface area (Å²) in [5.74, 6) is -1.86. The van der Waals surface area contributed by atoms with Gasteiger partial charge in [-0.1, -0.05) is 64.0 Å². The second kappa shape index (κ2) is 13.6. The van der Waals surface area contributed by atoms with E-state index in [1.165, 1.54) is 0 Å². The predicted molar refractivity (Wildman–Crippen MR) is 174 cm³/mol. The van der Waals surface area contributed by atoms with Gasteiger partial charge in [0.1, 0.15) is 11.6 Å². The lowest BCUT2D eigenvalue weighted by molar-refractivity contribution is -0.152. The number of nitrogens with zero attached hydrogens (tertiary/aromatic N) is 3. The van der Waals surface area contributed by atoms with Crippen LogP contribution in [0.15, 0.2) is 55.6 Å². The van der Waals surface area contributed by atoms with Crippen LogP contribution in [0.5, 0.6) is 0 Å². The quantitative estimate of drug-likeness (QED) is 0.214. The van der Waals surface area contributed by atoms with Crippen LogP contribution >= 0.6 is 0 Å². The Bertz CT molecular complexity index is 1210. The van der Waals surface area contributed by atoms with E-state index in [9.17, 15) is 19.5 Å². The summed E-state index contributed by atoms with van der Waals surface area (Å²) < 4.78 is 6.76. The predicted octanol–water partition coefficient (Wildman–Crippen LogP) is 5.36. The third kappa shape index (κ3) is 6.52. The summed E-state index contributed by atoms with van der Waals surface area (Å²) in [6.45, 7) is 19.7. The number of para-hydroxylation sites is 1. The second-order valence-electron chi connectivity index (χ2n) is 14.6. The standard InChI is InChI=1S/C36H53N3O5/c1-8-21-37(26-17-13-12-14-18-26)31(41)28-27-19-20-36(44-27)29(28)32(42)38(23-15-10-11-16-24-40)30(36)33(43)39(22-9-2)35(6,7)25-34(3,4)5/h8-9,12-14,17-18,27-30,40H,1-2,10-11,15-16,19-25H2,3-7H3/t27-,28+,29+,30?,36?/m1/s1. The molecule has 1 aromatic carbocycles. The molecule has 0 radical (unpaired) electrons. The highest BCUT2D eigenvalue weighted by Gasteiger charge is 2.75. The van der Waals surface area contributed by atoms with Gasteiger partial charge in [-0.25, -0.2) is 0 Å². The lowest BCUT2D eigenvalue weighted by Gasteiger charge is -2.45. The molecular weight excluding hydrogens is 554 g/mol. The van der Waals surface area contributed by atoms with Gasteiger partial charge in [-0.15, -0.1) is 13.2 Å². The van der Waals surface area contributed by atoms with Crippen LogP contribution in [0.25, 0.3) is 0 Å². The molecule has 3 saturated heterocycles. The first kappa shape index (κ1) is 33.9. The van der Waals surface area contributed by atoms with E-state index in [-0.39, 0.29) is 29.7 Å². The van der Waals surface area contributed by atoms with Crippen molar-refractivity contribution >= 4 is 23.4 Å². The molecule has 0 aromatic heterocycles. The zero-order valence-electron chi connectivity index (χ0n) is 27.5. The van der Waals surface area contributed by atoms with E-state index in [2.05, 4.69) is 47.8 Å². The summed E-state index contributed by atoms with van der Waals surface area (Å²) in [6, 6.07) is 8.64. The number of likely N-dealkylation sites (tertiary alicyclic amines) is 1. The highest BCUT2D eigenvalue weighted by Crippen LogP contribution is 2.59. The van der Waals surface area contributed by atoms with Crippen LogP contribution in [0.2, 0.25) is 0 Å². The molecule has 4 rings (SSSR count). The molecule has 3 fully saturated rings. The second-order valence-corrected chi connectivity index (χ2v) is 14.6. The van der Waals surface area contributed by atoms with Crippen LogP contribution in [0.3, 0.4) is 0 Å². The van der Waals surface area contributed by atoms with Gasteiger partial charge in [-0.2, -0.15) is 0 Å². The average molecular weight is 608 g/mol. The molecule has 44 heavy (non-hydrogen) atoms. The van der Waals surface area contributed by atoms with E-state index in [4.69, 9.17) is 4.74 Å². The van der Waals surface area contributed by atoms with Crippen LogP contribution in [-0.2, 0) is 19.1 Å². The molecule has 8 heteroatoms. The van der Waals surface area contributed by atoms with Crippen molar-refractivity contribution in [3.63, 3.8) is 0 Å². The summed E-state index contributed by atoms with van der Waals surface area (Å²) in [5.41, 5.74) is -0.853. The highest BCUT2D eigenvalue weighted by atomic mass is 16.5. The molecule has 2 bridgehead atoms. The van der Waals surface area contributed by atoms with Crippen molar-refractivity contribution in [2.75, 3.05) is 31.1 Å². The van der Waals surface area contributed by atoms with Gasteiger partial charge in [0.2, 0.25) is 17.7 Å². The zero-order chi connectivity index (χ0) is 32.3. The molecule has 1 aromatic rings. The Kier molecular flexibility index (Phi) is 10.5. The fourth-order valence-corrected chi connectivity index (χ4v) is 8.25. The van der Waals surface area contributed by atoms with Crippen molar-refractivity contribution in [2.24, 2.45) is 17.3 Å². The number of hydrogen-bond donors (Lipinski definition) is 1. The number of rotatable bonds is 15. The summed E-state index contributed by atoms with van der Waals surface area (Å²) >= 11 is 0. The number of aliphatic hydroxyl groups excluding tert-OH is 1. The number of anilines is 1. The van der Waals surface area contributed by atoms with Crippen molar-refractivity contribution in [3.8, 4) is 0 Å². The number of carbonyl (C=O) groups is 3. The molecule has 0 aliphatic carbocycles. The van der Waals surface area contributed by atoms with Gasteiger partial charge < -0.3 is 24.5 Å². The Balaban J connectivity index is 1.74. The van der Waals surface area contributed by atoms with Crippen LogP contribution in [0.1, 0.15) is 79.6 Å². The van der Waals surface area contributed by atoms with Crippen molar-refractivity contribution in [3.05, 3.63) is 55.6 Å². The molecule has 1 N–H and O–H groups in total. The molecule has 3 aliphatic rings. The van der Waals surface area contributed by atoms with Crippen molar-refractivity contribution < 1.29 is 24.2 Å². The van der Waals surface area contributed by atoms with Crippen LogP contribution < -0.4 is 4.90 Å². The molecule has 3 amide bonds. The van der Waals surface area contributed by atoms with Crippen LogP contribution in [0, 0.1) is 17.3 Å². The Hall–Kier alpha value is -2.97. The Morgan fingerprint density at radius 1 is 1.02 bits per heavy atom. The first-order chi connectivity index (χ1) is 20.8. The first-order valence-electron chi connectivity index (χ1n) is 16.3. The fraction of sp³-hybridized carbons (Fsp3) is 0.639. The third-order valence-corrected chi connectivity index (χ3v) is 9.54. The van der Waals surface area contributed by atoms with E-state index >= 15 is 0 Å². The van der Waals surface area contributed by atoms with Gasteiger partial charge in [-0.05, 0) is 63.5 Å². The average Bonchev–Trinajstić information content (AvgIpc) is 3.60. The molecule has 5 atom stereocenters. The highest BCUT2D eigenvalue weighted by molar-refractivity contribution is 6.03. The molecule has 8 nitrogen and oxygen atoms in total. The molecule has 242 valence electrons. The van der Waals surface area contributed by atoms with Gasteiger partial charge in [-0.3, -0.25) is 14.4 Å². The molecular formula is C36H53N3O5. The maximum Gasteiger partial charge on any atom is 0.249 e. The summed E-state index contributed by atoms with van der Waals surface area (Å²) in [5, 5.41) is 9.25. The molecule has 3 aliphatic heterocycles. The van der Waals surface area contributed by atoms with Gasteiger partial charge in [0.15, 0.2) is 0 Å². The number of carbonyl (C=O) groups excluding carboxylic acids is 3. The zero-order valence-corrected chi connectivity index (χ0v) is 27.5. The number of fused-ring (bicyclic) bond motifs is 1. The van der Waals surface area contributed by atoms with E-state index in [0.717, 1.165) is 24.9 Å². The Morgan fingerprint density at radius 2 is 1.68 bits per heavy atom. The van der Waals surface area contributed by atoms with E-state index in [1.807, 2.05) is 35.2 Å². The van der Waals surface area contributed by atoms with Gasteiger partial charge in [0, 0.05) is 37.5 Å². The summed E-state index contributed by atoms with van der Waals surface area (Å²) in [7, 11) is 0. The maximum atomic E-state index is 14.9. The maximum absolute atomic E-state index is 14.9. The topological polar surface area (TPSA) is 90.4 Å². The molecule has 3 heterocycles. The first-order valence-corrected chi connectivity index (χ1v) is 16.3. The number of unbranched alkanes of at least 4 members (excludes halogenated alkanes) is 3. The minimum absolute atomic E-state index is 0.0339. The number of benzene rings is 1. The Morgan fingerprint density at radius 3 is 2.30 bits per heavy atom. The van der Waals surface area contributed by atoms with E-state index < -0.39 is 35.1 Å². The summed E-state index contributed by atoms with van der Waals surface area (Å²) in [6.07, 6.45) is 8.06. The van der Waals surface area contributed by atoms with Crippen molar-refractivity contribution in [1.82, 2.24) is 9.80 Å². The van der Waals surface area contributed by atoms with Gasteiger partial charge in [0.05, 0.1) is 17.9 Å². The van der Waals surface area contributed by atoms with E-state index in [0.29, 0.717) is 45.3 Å². The number of ether oxygens (including phenoxy) is 1. The lowest BCUT2D eigenvalue weighted by atomic mass is 9.70. The number of amides is 3. The molecule has 2 unspecified atom stereocenters. The van der Waals surface area contributed by atoms with Gasteiger partial charge >= 0.3 is 0 Å². The Labute approximate surface area is 264 Å². The minimum Gasteiger partial charge on any atom is -0.396 e. The monoisotopic (exact) mass is 607 g/mol. The molecule has 0 saturated carbocycles. The third-order valence-electron chi connectivity index (χ3n) is 9.54. The SMILES string of the molecule is C=CCN(C(=O)[C@@H]1[C@H]2C(=O)N(CCCCCCO)C(C(=O)N(CC=C)C(C)(C)CC(C)(C)C)C23CC[C@H]1O3)c1ccccc1. The minimum atomic E-state index is -1.06. The number of aliphatic hydroxyl groups is 1. The van der Waals surface area contributed by atoms with Gasteiger partial charge in [0.25, 0.3) is 0 Å². The normalized spacial score (nSPS) is 26.0. The largest absolute Gasteiger partial charge is 0.396 e. The van der Waals surface area contributed by atoms with E-state index in [1.54, 1.807) is 22.0 Å².